The van der Waals surface area contributed by atoms with E-state index >= 15 is 0 Å². The standard InChI is InChI=1S/C20H16N2O2.C3H7NO.CH2Cl2.2O.U/c23-19-11-5-1-7-15(19)13-21-17-9-3-4-10-18(17)22-14-16-8-2-6-12-20(16)24;1-4(2)3-5;2-1-3;;;/h1-14,23-24H;3H,1-2H3;1H2;;;/q;;;2*-2;/p-2. The zero-order chi connectivity index (χ0) is 23.8. The summed E-state index contributed by atoms with van der Waals surface area (Å²) in [7, 11) is 3.38. The smallest absolute Gasteiger partial charge is 0.209 e. The Morgan fingerprint density at radius 1 is 0.743 bits per heavy atom. The minimum absolute atomic E-state index is 0. The molecule has 0 spiro atoms. The van der Waals surface area contributed by atoms with Gasteiger partial charge in [-0.3, -0.25) is 14.8 Å². The van der Waals surface area contributed by atoms with Crippen LogP contribution < -0.4 is 10.2 Å². The molecule has 0 unspecified atom stereocenters. The second-order valence-corrected chi connectivity index (χ2v) is 7.06. The summed E-state index contributed by atoms with van der Waals surface area (Å²) < 4.78 is 0. The van der Waals surface area contributed by atoms with E-state index in [1.165, 1.54) is 29.5 Å². The molecule has 0 aromatic heterocycles. The van der Waals surface area contributed by atoms with Crippen LogP contribution in [0, 0.1) is 31.1 Å². The Bertz CT molecular complexity index is 963. The van der Waals surface area contributed by atoms with Gasteiger partial charge in [0, 0.05) is 57.6 Å². The van der Waals surface area contributed by atoms with Crippen molar-refractivity contribution in [3.63, 3.8) is 0 Å². The van der Waals surface area contributed by atoms with Crippen molar-refractivity contribution in [1.82, 2.24) is 4.90 Å². The van der Waals surface area contributed by atoms with E-state index in [1.54, 1.807) is 62.6 Å². The first-order chi connectivity index (χ1) is 15.4. The van der Waals surface area contributed by atoms with Crippen molar-refractivity contribution in [2.45, 2.75) is 0 Å². The van der Waals surface area contributed by atoms with Gasteiger partial charge in [0.1, 0.15) is 0 Å². The Kier molecular flexibility index (Phi) is 23.5. The average Bonchev–Trinajstić information content (AvgIpc) is 2.79. The van der Waals surface area contributed by atoms with E-state index in [-0.39, 0.29) is 58.9 Å². The van der Waals surface area contributed by atoms with Crippen LogP contribution in [-0.4, -0.2) is 43.2 Å². The van der Waals surface area contributed by atoms with Crippen molar-refractivity contribution in [3.8, 4) is 11.5 Å². The SMILES string of the molecule is CN(C)C=O.ClCCl.[O-2].[O-2].[O-]c1ccccc1C=Nc1ccccc1N=Cc1ccccc1[O-].[U]. The van der Waals surface area contributed by atoms with Crippen molar-refractivity contribution >= 4 is 53.4 Å². The maximum atomic E-state index is 11.7. The Morgan fingerprint density at radius 2 is 1.03 bits per heavy atom. The molecule has 188 valence electrons. The first kappa shape index (κ1) is 37.2. The first-order valence-electron chi connectivity index (χ1n) is 9.35. The van der Waals surface area contributed by atoms with Gasteiger partial charge in [0.05, 0.1) is 16.7 Å². The normalized spacial score (nSPS) is 9.26. The number of halogens is 2. The van der Waals surface area contributed by atoms with Crippen LogP contribution in [0.15, 0.2) is 82.8 Å². The van der Waals surface area contributed by atoms with Crippen LogP contribution in [0.3, 0.4) is 0 Å². The predicted octanol–water partition coefficient (Wildman–Crippen LogP) is 4.22. The molecule has 11 heteroatoms. The number of benzene rings is 3. The van der Waals surface area contributed by atoms with E-state index < -0.39 is 0 Å². The number of rotatable bonds is 5. The first-order valence-corrected chi connectivity index (χ1v) is 10.4. The van der Waals surface area contributed by atoms with Crippen LogP contribution >= 0.6 is 23.2 Å². The van der Waals surface area contributed by atoms with Gasteiger partial charge >= 0.3 is 0 Å². The molecule has 0 fully saturated rings. The van der Waals surface area contributed by atoms with Gasteiger partial charge in [0.25, 0.3) is 0 Å². The third-order valence-corrected chi connectivity index (χ3v) is 3.62. The van der Waals surface area contributed by atoms with Crippen molar-refractivity contribution in [2.24, 2.45) is 9.98 Å². The number of carbonyl (C=O) groups is 1. The average molecular weight is 742 g/mol. The minimum Gasteiger partial charge on any atom is -2.00 e. The molecule has 0 N–H and O–H groups in total. The maximum Gasteiger partial charge on any atom is 0.209 e. The largest absolute Gasteiger partial charge is 2.00 e. The molecule has 3 aromatic rings. The summed E-state index contributed by atoms with van der Waals surface area (Å²) in [5.74, 6) is -0.162. The summed E-state index contributed by atoms with van der Waals surface area (Å²) in [5.41, 5.74) is 2.28. The number of hydrogen-bond donors (Lipinski definition) is 0. The van der Waals surface area contributed by atoms with Gasteiger partial charge in [-0.15, -0.1) is 34.7 Å². The molecule has 0 bridgehead atoms. The zero-order valence-corrected chi connectivity index (χ0v) is 24.7. The van der Waals surface area contributed by atoms with Crippen molar-refractivity contribution in [3.05, 3.63) is 83.9 Å². The fraction of sp³-hybridized carbons (Fsp3) is 0.125. The Hall–Kier alpha value is -2.38. The van der Waals surface area contributed by atoms with Crippen molar-refractivity contribution in [1.29, 1.82) is 0 Å². The third kappa shape index (κ3) is 15.3. The van der Waals surface area contributed by atoms with Crippen LogP contribution in [0.5, 0.6) is 11.5 Å². The molecule has 8 nitrogen and oxygen atoms in total. The number of amides is 1. The topological polar surface area (TPSA) is 148 Å². The van der Waals surface area contributed by atoms with E-state index in [0.717, 1.165) is 6.41 Å². The molecule has 0 aliphatic carbocycles. The summed E-state index contributed by atoms with van der Waals surface area (Å²) in [4.78, 5) is 19.6. The summed E-state index contributed by atoms with van der Waals surface area (Å²) in [5, 5.41) is 23.6. The molecule has 0 aliphatic heterocycles. The Morgan fingerprint density at radius 3 is 1.31 bits per heavy atom. The van der Waals surface area contributed by atoms with Gasteiger partial charge in [0.15, 0.2) is 0 Å². The molecule has 3 rings (SSSR count). The van der Waals surface area contributed by atoms with Gasteiger partial charge in [-0.2, -0.15) is 0 Å². The molecule has 0 atom stereocenters. The number of nitrogens with zero attached hydrogens (tertiary/aromatic N) is 3. The molecule has 0 saturated heterocycles. The van der Waals surface area contributed by atoms with Crippen LogP contribution in [0.25, 0.3) is 0 Å². The van der Waals surface area contributed by atoms with Gasteiger partial charge in [-0.25, -0.2) is 0 Å². The summed E-state index contributed by atoms with van der Waals surface area (Å²) in [6.07, 6.45) is 3.80. The van der Waals surface area contributed by atoms with Crippen LogP contribution in [0.2, 0.25) is 0 Å². The molecule has 0 heterocycles. The van der Waals surface area contributed by atoms with Crippen LogP contribution in [-0.2, 0) is 15.7 Å². The summed E-state index contributed by atoms with van der Waals surface area (Å²) >= 11 is 9.53. The number of carbonyl (C=O) groups excluding carboxylic acids is 1. The minimum atomic E-state index is -0.0810. The molecule has 0 saturated carbocycles. The van der Waals surface area contributed by atoms with E-state index in [0.29, 0.717) is 22.5 Å². The number of aliphatic imine (C=N–C) groups is 2. The van der Waals surface area contributed by atoms with Gasteiger partial charge in [-0.05, 0) is 23.3 Å². The fourth-order valence-electron chi connectivity index (χ4n) is 2.14. The number of para-hydroxylation sites is 4. The summed E-state index contributed by atoms with van der Waals surface area (Å²) in [6.45, 7) is 0. The number of alkyl halides is 2. The molecule has 35 heavy (non-hydrogen) atoms. The molecule has 0 aliphatic rings. The molecule has 0 radical (unpaired) electrons. The molecular weight excluding hydrogens is 719 g/mol. The second kappa shape index (κ2) is 22.1. The van der Waals surface area contributed by atoms with E-state index in [9.17, 15) is 15.0 Å². The van der Waals surface area contributed by atoms with Gasteiger partial charge in [0.2, 0.25) is 6.41 Å². The van der Waals surface area contributed by atoms with Crippen molar-refractivity contribution in [2.75, 3.05) is 19.4 Å². The zero-order valence-electron chi connectivity index (χ0n) is 19.0. The molecule has 1 amide bonds. The van der Waals surface area contributed by atoms with E-state index in [1.807, 2.05) is 12.1 Å². The Labute approximate surface area is 238 Å². The van der Waals surface area contributed by atoms with Crippen LogP contribution in [0.4, 0.5) is 11.4 Å². The van der Waals surface area contributed by atoms with Crippen molar-refractivity contribution < 1.29 is 57.1 Å². The fourth-order valence-corrected chi connectivity index (χ4v) is 2.14. The molecule has 3 aromatic carbocycles. The molecular formula is C24H23Cl2N3O5U-6. The third-order valence-electron chi connectivity index (χ3n) is 3.62. The monoisotopic (exact) mass is 741 g/mol. The number of hydrogen-bond acceptors (Lipinski definition) is 5. The predicted molar refractivity (Wildman–Crippen MR) is 130 cm³/mol. The van der Waals surface area contributed by atoms with E-state index in [4.69, 9.17) is 23.2 Å². The quantitative estimate of drug-likeness (QED) is 0.219. The van der Waals surface area contributed by atoms with Crippen LogP contribution in [0.1, 0.15) is 11.1 Å². The second-order valence-electron chi connectivity index (χ2n) is 6.25. The van der Waals surface area contributed by atoms with Gasteiger partial charge < -0.3 is 26.1 Å². The maximum absolute atomic E-state index is 11.7. The summed E-state index contributed by atoms with van der Waals surface area (Å²) in [6, 6.07) is 20.7. The van der Waals surface area contributed by atoms with E-state index in [2.05, 4.69) is 9.98 Å². The van der Waals surface area contributed by atoms with Gasteiger partial charge in [-0.1, -0.05) is 60.7 Å². The Balaban J connectivity index is -0.000000819.